The van der Waals surface area contributed by atoms with Gasteiger partial charge in [0.2, 0.25) is 0 Å². The van der Waals surface area contributed by atoms with E-state index in [0.717, 1.165) is 115 Å². The maximum absolute atomic E-state index is 9.90. The molecule has 0 atom stereocenters. The van der Waals surface area contributed by atoms with Crippen LogP contribution >= 0.6 is 31.9 Å². The summed E-state index contributed by atoms with van der Waals surface area (Å²) in [5, 5.41) is 3.36. The molecular weight excluding hydrogens is 624 g/mol. The summed E-state index contributed by atoms with van der Waals surface area (Å²) in [5.41, 5.74) is 4.04. The average Bonchev–Trinajstić information content (AvgIpc) is 3.19. The zero-order valence-electron chi connectivity index (χ0n) is 22.1. The van der Waals surface area contributed by atoms with Gasteiger partial charge in [0.25, 0.3) is 0 Å². The first-order chi connectivity index (χ1) is 19.0. The highest BCUT2D eigenvalue weighted by molar-refractivity contribution is 9.10. The molecule has 0 saturated heterocycles. The van der Waals surface area contributed by atoms with Crippen molar-refractivity contribution in [3.05, 3.63) is 45.1 Å². The first kappa shape index (κ1) is 27.0. The third kappa shape index (κ3) is 6.11. The molecule has 0 bridgehead atoms. The molecule has 4 aromatic heterocycles. The molecule has 0 aromatic carbocycles. The Morgan fingerprint density at radius 1 is 0.744 bits per heavy atom. The van der Waals surface area contributed by atoms with Crippen LogP contribution in [0.4, 0.5) is 0 Å². The fraction of sp³-hybridized carbons (Fsp3) is 0.536. The molecule has 2 saturated carbocycles. The Kier molecular flexibility index (Phi) is 8.38. The largest absolute Gasteiger partial charge is 0.315 e. The minimum Gasteiger partial charge on any atom is -0.315 e. The molecule has 8 rings (SSSR count). The number of imidazole rings is 2. The van der Waals surface area contributed by atoms with Gasteiger partial charge < -0.3 is 14.5 Å². The summed E-state index contributed by atoms with van der Waals surface area (Å²) < 4.78 is 6.51. The number of fused-ring (bicyclic) bond motifs is 6. The standard InChI is InChI=1S/C14H17BrN4.C10H11BrN4.C4H6O/c15-10-8-12-14(16-9-10)19-7-6-18(11-2-1-3-11)5-4-13(19)17-12;11-7-5-8-10(13-6-7)15-4-3-12-2-1-9(15)14-8;5-4-2-1-3-4/h8-9,11H,1-7H2;5-6,12H,1-4H2;1-3H2. The molecule has 9 nitrogen and oxygen atoms in total. The molecule has 39 heavy (non-hydrogen) atoms. The van der Waals surface area contributed by atoms with Crippen LogP contribution < -0.4 is 5.32 Å². The molecule has 2 fully saturated rings. The molecule has 0 radical (unpaired) electrons. The fourth-order valence-corrected chi connectivity index (χ4v) is 6.09. The second-order valence-corrected chi connectivity index (χ2v) is 12.4. The van der Waals surface area contributed by atoms with Crippen LogP contribution in [0.15, 0.2) is 33.5 Å². The molecule has 1 N–H and O–H groups in total. The summed E-state index contributed by atoms with van der Waals surface area (Å²) in [6, 6.07) is 4.92. The van der Waals surface area contributed by atoms with Crippen molar-refractivity contribution in [2.45, 2.75) is 70.5 Å². The number of pyridine rings is 2. The molecule has 206 valence electrons. The van der Waals surface area contributed by atoms with E-state index in [2.05, 4.69) is 72.2 Å². The third-order valence-electron chi connectivity index (χ3n) is 8.03. The zero-order chi connectivity index (χ0) is 26.8. The van der Waals surface area contributed by atoms with Crippen molar-refractivity contribution >= 4 is 60.0 Å². The summed E-state index contributed by atoms with van der Waals surface area (Å²) in [6.45, 7) is 6.27. The smallest absolute Gasteiger partial charge is 0.160 e. The summed E-state index contributed by atoms with van der Waals surface area (Å²) in [7, 11) is 0. The molecule has 4 aliphatic rings. The second kappa shape index (κ2) is 12.1. The van der Waals surface area contributed by atoms with E-state index in [-0.39, 0.29) is 0 Å². The Balaban J connectivity index is 0.000000123. The number of rotatable bonds is 1. The number of hydrogen-bond acceptors (Lipinski definition) is 7. The zero-order valence-corrected chi connectivity index (χ0v) is 25.3. The number of Topliss-reactive ketones (excluding diaryl/α,β-unsaturated/α-hetero) is 1. The highest BCUT2D eigenvalue weighted by Crippen LogP contribution is 2.27. The topological polar surface area (TPSA) is 93.8 Å². The quantitative estimate of drug-likeness (QED) is 0.318. The Hall–Kier alpha value is -2.21. The molecule has 6 heterocycles. The number of carbonyl (C=O) groups excluding carboxylic acids is 1. The van der Waals surface area contributed by atoms with Crippen LogP contribution in [0.2, 0.25) is 0 Å². The van der Waals surface area contributed by atoms with Gasteiger partial charge in [0, 0.05) is 92.3 Å². The van der Waals surface area contributed by atoms with E-state index in [1.54, 1.807) is 0 Å². The molecular formula is C28H34Br2N8O. The van der Waals surface area contributed by atoms with Crippen molar-refractivity contribution in [2.24, 2.45) is 0 Å². The summed E-state index contributed by atoms with van der Waals surface area (Å²) in [4.78, 5) is 30.9. The van der Waals surface area contributed by atoms with Crippen molar-refractivity contribution < 1.29 is 4.79 Å². The lowest BCUT2D eigenvalue weighted by atomic mass is 9.91. The third-order valence-corrected chi connectivity index (χ3v) is 8.90. The van der Waals surface area contributed by atoms with Gasteiger partial charge in [-0.05, 0) is 63.3 Å². The first-order valence-electron chi connectivity index (χ1n) is 14.0. The highest BCUT2D eigenvalue weighted by Gasteiger charge is 2.27. The van der Waals surface area contributed by atoms with Crippen molar-refractivity contribution in [1.82, 2.24) is 39.3 Å². The van der Waals surface area contributed by atoms with E-state index < -0.39 is 0 Å². The van der Waals surface area contributed by atoms with Gasteiger partial charge in [-0.3, -0.25) is 9.69 Å². The van der Waals surface area contributed by atoms with E-state index in [1.807, 2.05) is 18.5 Å². The number of hydrogen-bond donors (Lipinski definition) is 1. The summed E-state index contributed by atoms with van der Waals surface area (Å²) in [5.74, 6) is 2.77. The predicted octanol–water partition coefficient (Wildman–Crippen LogP) is 4.68. The van der Waals surface area contributed by atoms with Crippen LogP contribution in [-0.2, 0) is 30.7 Å². The number of carbonyl (C=O) groups is 1. The number of ketones is 1. The lowest BCUT2D eigenvalue weighted by Crippen LogP contribution is -2.41. The van der Waals surface area contributed by atoms with Gasteiger partial charge >= 0.3 is 0 Å². The summed E-state index contributed by atoms with van der Waals surface area (Å²) >= 11 is 6.88. The van der Waals surface area contributed by atoms with Crippen molar-refractivity contribution in [2.75, 3.05) is 26.2 Å². The Morgan fingerprint density at radius 3 is 1.92 bits per heavy atom. The van der Waals surface area contributed by atoms with Crippen LogP contribution in [0, 0.1) is 0 Å². The average molecular weight is 658 g/mol. The van der Waals surface area contributed by atoms with Gasteiger partial charge in [-0.25, -0.2) is 19.9 Å². The van der Waals surface area contributed by atoms with E-state index in [4.69, 9.17) is 4.98 Å². The van der Waals surface area contributed by atoms with Crippen molar-refractivity contribution in [3.63, 3.8) is 0 Å². The van der Waals surface area contributed by atoms with Crippen LogP contribution in [0.5, 0.6) is 0 Å². The highest BCUT2D eigenvalue weighted by atomic mass is 79.9. The Bertz CT molecular complexity index is 1470. The van der Waals surface area contributed by atoms with Gasteiger partial charge in [-0.15, -0.1) is 0 Å². The Morgan fingerprint density at radius 2 is 1.36 bits per heavy atom. The Labute approximate surface area is 245 Å². The number of nitrogens with one attached hydrogen (secondary N) is 1. The van der Waals surface area contributed by atoms with Gasteiger partial charge in [0.1, 0.15) is 28.5 Å². The van der Waals surface area contributed by atoms with Gasteiger partial charge in [0.15, 0.2) is 11.3 Å². The number of halogens is 2. The molecule has 0 spiro atoms. The molecule has 4 aromatic rings. The van der Waals surface area contributed by atoms with E-state index in [9.17, 15) is 4.79 Å². The van der Waals surface area contributed by atoms with Crippen molar-refractivity contribution in [1.29, 1.82) is 0 Å². The normalized spacial score (nSPS) is 19.4. The molecule has 2 aliphatic heterocycles. The van der Waals surface area contributed by atoms with Crippen LogP contribution in [0.1, 0.15) is 50.2 Å². The minimum absolute atomic E-state index is 0.435. The van der Waals surface area contributed by atoms with Crippen LogP contribution in [0.25, 0.3) is 22.3 Å². The van der Waals surface area contributed by atoms with Crippen molar-refractivity contribution in [3.8, 4) is 0 Å². The number of aromatic nitrogens is 6. The van der Waals surface area contributed by atoms with E-state index in [1.165, 1.54) is 25.1 Å². The van der Waals surface area contributed by atoms with E-state index in [0.29, 0.717) is 5.78 Å². The van der Waals surface area contributed by atoms with E-state index >= 15 is 0 Å². The lowest BCUT2D eigenvalue weighted by molar-refractivity contribution is -0.123. The predicted molar refractivity (Wildman–Crippen MR) is 159 cm³/mol. The molecule has 11 heteroatoms. The molecule has 0 unspecified atom stereocenters. The van der Waals surface area contributed by atoms with Crippen LogP contribution in [-0.4, -0.2) is 72.0 Å². The monoisotopic (exact) mass is 656 g/mol. The minimum atomic E-state index is 0.435. The molecule has 2 aliphatic carbocycles. The van der Waals surface area contributed by atoms with Gasteiger partial charge in [0.05, 0.1) is 0 Å². The fourth-order valence-electron chi connectivity index (χ4n) is 5.46. The van der Waals surface area contributed by atoms with Crippen LogP contribution in [0.3, 0.4) is 0 Å². The maximum Gasteiger partial charge on any atom is 0.160 e. The number of nitrogens with zero attached hydrogens (tertiary/aromatic N) is 7. The maximum atomic E-state index is 9.90. The first-order valence-corrected chi connectivity index (χ1v) is 15.6. The molecule has 0 amide bonds. The summed E-state index contributed by atoms with van der Waals surface area (Å²) in [6.07, 6.45) is 12.7. The van der Waals surface area contributed by atoms with Gasteiger partial charge in [-0.2, -0.15) is 0 Å². The van der Waals surface area contributed by atoms with Gasteiger partial charge in [-0.1, -0.05) is 6.42 Å². The second-order valence-electron chi connectivity index (χ2n) is 10.6. The SMILES string of the molecule is Brc1cnc2c(c1)nc1n2CCN(C2CCC2)CC1.Brc1cnc2c(c1)nc1n2CCNCC1.O=C1CCC1. The lowest BCUT2D eigenvalue weighted by Gasteiger charge is -2.36.